The van der Waals surface area contributed by atoms with Crippen molar-refractivity contribution in [2.75, 3.05) is 24.9 Å². The van der Waals surface area contributed by atoms with E-state index in [-0.39, 0.29) is 10.8 Å². The number of para-hydroxylation sites is 2. The minimum atomic E-state index is -3.82. The van der Waals surface area contributed by atoms with Gasteiger partial charge in [-0.05, 0) is 36.8 Å². The van der Waals surface area contributed by atoms with Gasteiger partial charge in [-0.25, -0.2) is 8.42 Å². The van der Waals surface area contributed by atoms with Gasteiger partial charge in [-0.3, -0.25) is 9.52 Å². The van der Waals surface area contributed by atoms with Crippen molar-refractivity contribution in [3.63, 3.8) is 0 Å². The third-order valence-electron chi connectivity index (χ3n) is 3.89. The van der Waals surface area contributed by atoms with Crippen molar-refractivity contribution in [2.45, 2.75) is 11.3 Å². The van der Waals surface area contributed by atoms with Gasteiger partial charge < -0.3 is 9.64 Å². The molecule has 0 unspecified atom stereocenters. The van der Waals surface area contributed by atoms with Gasteiger partial charge in [0.15, 0.2) is 0 Å². The zero-order valence-electron chi connectivity index (χ0n) is 13.2. The SMILES string of the molecule is COc1ccccc1NS(=O)(=O)c1cccc(C(=O)N2CCC2)c1. The highest BCUT2D eigenvalue weighted by Crippen LogP contribution is 2.26. The summed E-state index contributed by atoms with van der Waals surface area (Å²) in [5, 5.41) is 0. The second-order valence-electron chi connectivity index (χ2n) is 5.48. The molecule has 1 aliphatic heterocycles. The molecule has 1 fully saturated rings. The smallest absolute Gasteiger partial charge is 0.262 e. The second-order valence-corrected chi connectivity index (χ2v) is 7.16. The quantitative estimate of drug-likeness (QED) is 0.902. The number of carbonyl (C=O) groups excluding carboxylic acids is 1. The summed E-state index contributed by atoms with van der Waals surface area (Å²) < 4.78 is 32.9. The zero-order valence-corrected chi connectivity index (χ0v) is 14.0. The van der Waals surface area contributed by atoms with E-state index in [4.69, 9.17) is 4.74 Å². The lowest BCUT2D eigenvalue weighted by molar-refractivity contribution is 0.0651. The van der Waals surface area contributed by atoms with Crippen molar-refractivity contribution < 1.29 is 17.9 Å². The molecule has 6 nitrogen and oxygen atoms in total. The van der Waals surface area contributed by atoms with E-state index < -0.39 is 10.0 Å². The van der Waals surface area contributed by atoms with E-state index in [1.54, 1.807) is 41.3 Å². The maximum absolute atomic E-state index is 12.6. The van der Waals surface area contributed by atoms with Crippen molar-refractivity contribution in [1.29, 1.82) is 0 Å². The molecule has 2 aromatic carbocycles. The molecule has 0 saturated carbocycles. The molecule has 1 aliphatic rings. The molecule has 2 aromatic rings. The third kappa shape index (κ3) is 3.21. The van der Waals surface area contributed by atoms with Crippen molar-refractivity contribution >= 4 is 21.6 Å². The molecule has 0 aromatic heterocycles. The van der Waals surface area contributed by atoms with Gasteiger partial charge in [0.05, 0.1) is 17.7 Å². The number of ether oxygens (including phenoxy) is 1. The van der Waals surface area contributed by atoms with Gasteiger partial charge in [-0.15, -0.1) is 0 Å². The summed E-state index contributed by atoms with van der Waals surface area (Å²) in [4.78, 5) is 14.0. The summed E-state index contributed by atoms with van der Waals surface area (Å²) in [6.07, 6.45) is 0.985. The molecule has 1 saturated heterocycles. The Hall–Kier alpha value is -2.54. The van der Waals surface area contributed by atoms with E-state index in [9.17, 15) is 13.2 Å². The van der Waals surface area contributed by atoms with Crippen LogP contribution in [0.4, 0.5) is 5.69 Å². The molecule has 1 N–H and O–H groups in total. The van der Waals surface area contributed by atoms with E-state index in [0.29, 0.717) is 17.0 Å². The molecule has 126 valence electrons. The molecule has 24 heavy (non-hydrogen) atoms. The van der Waals surface area contributed by atoms with E-state index in [1.165, 1.54) is 19.2 Å². The van der Waals surface area contributed by atoms with Crippen LogP contribution >= 0.6 is 0 Å². The Morgan fingerprint density at radius 2 is 1.88 bits per heavy atom. The van der Waals surface area contributed by atoms with Crippen LogP contribution in [0.5, 0.6) is 5.75 Å². The maximum atomic E-state index is 12.6. The van der Waals surface area contributed by atoms with Crippen LogP contribution in [0.15, 0.2) is 53.4 Å². The first-order valence-electron chi connectivity index (χ1n) is 7.56. The zero-order chi connectivity index (χ0) is 17.2. The lowest BCUT2D eigenvalue weighted by Crippen LogP contribution is -2.42. The summed E-state index contributed by atoms with van der Waals surface area (Å²) in [6.45, 7) is 1.44. The summed E-state index contributed by atoms with van der Waals surface area (Å²) in [6, 6.07) is 12.8. The first kappa shape index (κ1) is 16.3. The highest BCUT2D eigenvalue weighted by Gasteiger charge is 2.23. The van der Waals surface area contributed by atoms with Gasteiger partial charge in [0, 0.05) is 18.7 Å². The van der Waals surface area contributed by atoms with Crippen LogP contribution in [-0.4, -0.2) is 39.4 Å². The molecule has 3 rings (SSSR count). The molecule has 1 amide bonds. The Labute approximate surface area is 141 Å². The minimum Gasteiger partial charge on any atom is -0.495 e. The van der Waals surface area contributed by atoms with Crippen molar-refractivity contribution in [2.24, 2.45) is 0 Å². The summed E-state index contributed by atoms with van der Waals surface area (Å²) in [7, 11) is -2.35. The monoisotopic (exact) mass is 346 g/mol. The highest BCUT2D eigenvalue weighted by molar-refractivity contribution is 7.92. The van der Waals surface area contributed by atoms with Crippen LogP contribution in [0, 0.1) is 0 Å². The molecule has 0 bridgehead atoms. The van der Waals surface area contributed by atoms with Crippen molar-refractivity contribution in [1.82, 2.24) is 4.90 Å². The molecule has 0 spiro atoms. The van der Waals surface area contributed by atoms with Crippen LogP contribution in [0.25, 0.3) is 0 Å². The number of hydrogen-bond donors (Lipinski definition) is 1. The number of carbonyl (C=O) groups is 1. The van der Waals surface area contributed by atoms with Crippen LogP contribution in [0.2, 0.25) is 0 Å². The number of sulfonamides is 1. The first-order valence-corrected chi connectivity index (χ1v) is 9.05. The van der Waals surface area contributed by atoms with E-state index in [1.807, 2.05) is 0 Å². The van der Waals surface area contributed by atoms with Gasteiger partial charge >= 0.3 is 0 Å². The fourth-order valence-corrected chi connectivity index (χ4v) is 3.55. The van der Waals surface area contributed by atoms with Gasteiger partial charge in [-0.2, -0.15) is 0 Å². The molecule has 0 aliphatic carbocycles. The van der Waals surface area contributed by atoms with E-state index in [0.717, 1.165) is 19.5 Å². The fourth-order valence-electron chi connectivity index (χ4n) is 2.43. The van der Waals surface area contributed by atoms with Crippen LogP contribution < -0.4 is 9.46 Å². The topological polar surface area (TPSA) is 75.7 Å². The number of amides is 1. The lowest BCUT2D eigenvalue weighted by Gasteiger charge is -2.31. The maximum Gasteiger partial charge on any atom is 0.262 e. The Bertz CT molecular complexity index is 860. The second kappa shape index (κ2) is 6.52. The Balaban J connectivity index is 1.88. The number of nitrogens with zero attached hydrogens (tertiary/aromatic N) is 1. The third-order valence-corrected chi connectivity index (χ3v) is 5.25. The summed E-state index contributed by atoms with van der Waals surface area (Å²) in [5.41, 5.74) is 0.720. The van der Waals surface area contributed by atoms with Crippen LogP contribution in [-0.2, 0) is 10.0 Å². The first-order chi connectivity index (χ1) is 11.5. The predicted octanol–water partition coefficient (Wildman–Crippen LogP) is 2.34. The van der Waals surface area contributed by atoms with Gasteiger partial charge in [0.2, 0.25) is 0 Å². The number of rotatable bonds is 5. The fraction of sp³-hybridized carbons (Fsp3) is 0.235. The van der Waals surface area contributed by atoms with Crippen LogP contribution in [0.3, 0.4) is 0 Å². The normalized spacial score (nSPS) is 14.0. The minimum absolute atomic E-state index is 0.0415. The molecule has 1 heterocycles. The molecule has 0 atom stereocenters. The number of likely N-dealkylation sites (tertiary alicyclic amines) is 1. The average Bonchev–Trinajstić information content (AvgIpc) is 2.53. The number of anilines is 1. The molecule has 0 radical (unpaired) electrons. The van der Waals surface area contributed by atoms with Crippen LogP contribution in [0.1, 0.15) is 16.8 Å². The molecular weight excluding hydrogens is 328 g/mol. The van der Waals surface area contributed by atoms with Gasteiger partial charge in [-0.1, -0.05) is 18.2 Å². The Morgan fingerprint density at radius 1 is 1.12 bits per heavy atom. The summed E-state index contributed by atoms with van der Waals surface area (Å²) in [5.74, 6) is 0.282. The number of nitrogens with one attached hydrogen (secondary N) is 1. The molecule has 7 heteroatoms. The van der Waals surface area contributed by atoms with Crippen molar-refractivity contribution in [3.8, 4) is 5.75 Å². The standard InChI is InChI=1S/C17H18N2O4S/c1-23-16-9-3-2-8-15(16)18-24(21,22)14-7-4-6-13(12-14)17(20)19-10-5-11-19/h2-4,6-9,12,18H,5,10-11H2,1H3. The van der Waals surface area contributed by atoms with Crippen molar-refractivity contribution in [3.05, 3.63) is 54.1 Å². The number of hydrogen-bond acceptors (Lipinski definition) is 4. The predicted molar refractivity (Wildman–Crippen MR) is 90.8 cm³/mol. The summed E-state index contributed by atoms with van der Waals surface area (Å²) >= 11 is 0. The number of methoxy groups -OCH3 is 1. The largest absolute Gasteiger partial charge is 0.495 e. The van der Waals surface area contributed by atoms with Gasteiger partial charge in [0.1, 0.15) is 5.75 Å². The number of benzene rings is 2. The average molecular weight is 346 g/mol. The molecular formula is C17H18N2O4S. The van der Waals surface area contributed by atoms with Gasteiger partial charge in [0.25, 0.3) is 15.9 Å². The Kier molecular flexibility index (Phi) is 4.44. The Morgan fingerprint density at radius 3 is 2.54 bits per heavy atom. The van der Waals surface area contributed by atoms with E-state index in [2.05, 4.69) is 4.72 Å². The van der Waals surface area contributed by atoms with E-state index >= 15 is 0 Å². The lowest BCUT2D eigenvalue weighted by atomic mass is 10.1. The highest BCUT2D eigenvalue weighted by atomic mass is 32.2.